The van der Waals surface area contributed by atoms with Crippen LogP contribution in [0.4, 0.5) is 4.79 Å². The lowest BCUT2D eigenvalue weighted by Crippen LogP contribution is -2.46. The summed E-state index contributed by atoms with van der Waals surface area (Å²) in [6.45, 7) is 1.67. The molecule has 1 saturated heterocycles. The molecule has 4 rings (SSSR count). The van der Waals surface area contributed by atoms with Crippen molar-refractivity contribution in [1.82, 2.24) is 16.0 Å². The number of carbonyl (C=O) groups is 1. The normalized spacial score (nSPS) is 34.2. The Kier molecular flexibility index (Phi) is 7.39. The highest BCUT2D eigenvalue weighted by Crippen LogP contribution is 2.25. The Bertz CT molecular complexity index is 645. The van der Waals surface area contributed by atoms with Gasteiger partial charge in [-0.1, -0.05) is 18.2 Å². The van der Waals surface area contributed by atoms with Crippen LogP contribution in [0.3, 0.4) is 0 Å². The zero-order chi connectivity index (χ0) is 19.9. The number of dihydropyridines is 1. The molecule has 2 fully saturated rings. The average molecular weight is 401 g/mol. The summed E-state index contributed by atoms with van der Waals surface area (Å²) in [5, 5.41) is 9.64. The molecule has 1 saturated carbocycles. The third kappa shape index (κ3) is 6.16. The molecule has 3 N–H and O–H groups in total. The lowest BCUT2D eigenvalue weighted by molar-refractivity contribution is -0.0184. The smallest absolute Gasteiger partial charge is 0.315 e. The maximum Gasteiger partial charge on any atom is 0.315 e. The first-order valence-corrected chi connectivity index (χ1v) is 11.6. The number of nitrogens with zero attached hydrogens (tertiary/aromatic N) is 1. The first kappa shape index (κ1) is 20.6. The molecule has 2 heterocycles. The van der Waals surface area contributed by atoms with Gasteiger partial charge < -0.3 is 15.4 Å². The van der Waals surface area contributed by atoms with Gasteiger partial charge in [-0.25, -0.2) is 4.79 Å². The lowest BCUT2D eigenvalue weighted by atomic mass is 9.92. The van der Waals surface area contributed by atoms with Gasteiger partial charge in [-0.15, -0.1) is 0 Å². The average Bonchev–Trinajstić information content (AvgIpc) is 2.75. The number of aliphatic imine (C=N–C) groups is 1. The summed E-state index contributed by atoms with van der Waals surface area (Å²) >= 11 is 0. The van der Waals surface area contributed by atoms with Crippen LogP contribution in [0.1, 0.15) is 64.2 Å². The van der Waals surface area contributed by atoms with E-state index in [1.807, 2.05) is 0 Å². The van der Waals surface area contributed by atoms with Crippen molar-refractivity contribution in [2.45, 2.75) is 88.6 Å². The number of hydrogen-bond acceptors (Lipinski definition) is 4. The molecule has 4 aliphatic rings. The molecule has 29 heavy (non-hydrogen) atoms. The Morgan fingerprint density at radius 3 is 3.03 bits per heavy atom. The molecule has 160 valence electrons. The minimum atomic E-state index is -0.0673. The van der Waals surface area contributed by atoms with Crippen molar-refractivity contribution in [2.75, 3.05) is 13.1 Å². The highest BCUT2D eigenvalue weighted by atomic mass is 16.5. The Morgan fingerprint density at radius 2 is 2.14 bits per heavy atom. The molecule has 6 heteroatoms. The van der Waals surface area contributed by atoms with Crippen molar-refractivity contribution < 1.29 is 9.53 Å². The molecule has 6 nitrogen and oxygen atoms in total. The molecule has 0 spiro atoms. The summed E-state index contributed by atoms with van der Waals surface area (Å²) in [7, 11) is 0. The molecule has 0 aromatic heterocycles. The zero-order valence-corrected chi connectivity index (χ0v) is 17.4. The first-order valence-electron chi connectivity index (χ1n) is 11.6. The van der Waals surface area contributed by atoms with Crippen LogP contribution in [0, 0.1) is 5.92 Å². The van der Waals surface area contributed by atoms with Crippen molar-refractivity contribution in [3.05, 3.63) is 24.3 Å². The minimum absolute atomic E-state index is 0.0673. The molecule has 0 bridgehead atoms. The van der Waals surface area contributed by atoms with E-state index >= 15 is 0 Å². The van der Waals surface area contributed by atoms with Crippen LogP contribution in [0.5, 0.6) is 0 Å². The number of ether oxygens (including phenoxy) is 1. The van der Waals surface area contributed by atoms with Crippen LogP contribution in [0.2, 0.25) is 0 Å². The van der Waals surface area contributed by atoms with Crippen molar-refractivity contribution in [2.24, 2.45) is 10.9 Å². The number of fused-ring (bicyclic) bond motifs is 1. The maximum absolute atomic E-state index is 12.3. The number of allylic oxidation sites excluding steroid dienone is 2. The van der Waals surface area contributed by atoms with Crippen LogP contribution in [0.15, 0.2) is 29.3 Å². The second-order valence-corrected chi connectivity index (χ2v) is 8.85. The predicted octanol–water partition coefficient (Wildman–Crippen LogP) is 3.45. The van der Waals surface area contributed by atoms with Crippen molar-refractivity contribution in [1.29, 1.82) is 0 Å². The van der Waals surface area contributed by atoms with E-state index in [1.54, 1.807) is 0 Å². The zero-order valence-electron chi connectivity index (χ0n) is 17.4. The van der Waals surface area contributed by atoms with Gasteiger partial charge in [0, 0.05) is 30.6 Å². The number of piperidine rings is 1. The molecular weight excluding hydrogens is 364 g/mol. The third-order valence-electron chi connectivity index (χ3n) is 6.52. The van der Waals surface area contributed by atoms with Gasteiger partial charge in [0.1, 0.15) is 6.17 Å². The van der Waals surface area contributed by atoms with Gasteiger partial charge in [0.05, 0.1) is 12.2 Å². The van der Waals surface area contributed by atoms with Crippen LogP contribution in [-0.2, 0) is 4.74 Å². The van der Waals surface area contributed by atoms with Crippen LogP contribution in [-0.4, -0.2) is 49.2 Å². The fraction of sp³-hybridized carbons (Fsp3) is 0.739. The van der Waals surface area contributed by atoms with Gasteiger partial charge >= 0.3 is 6.03 Å². The number of carbonyl (C=O) groups excluding carboxylic acids is 1. The highest BCUT2D eigenvalue weighted by Gasteiger charge is 2.26. The van der Waals surface area contributed by atoms with Gasteiger partial charge in [-0.05, 0) is 70.4 Å². The van der Waals surface area contributed by atoms with E-state index in [0.29, 0.717) is 12.5 Å². The summed E-state index contributed by atoms with van der Waals surface area (Å²) in [6.07, 6.45) is 20.5. The number of rotatable bonds is 6. The summed E-state index contributed by atoms with van der Waals surface area (Å²) < 4.78 is 6.26. The van der Waals surface area contributed by atoms with Gasteiger partial charge in [0.15, 0.2) is 0 Å². The largest absolute Gasteiger partial charge is 0.371 e. The van der Waals surface area contributed by atoms with Gasteiger partial charge in [0.2, 0.25) is 0 Å². The number of hydrogen-bond donors (Lipinski definition) is 3. The standard InChI is InChI=1S/C23H36N4O2/c28-23(25-15-13-18-12-11-17-6-5-14-24-22(17)26-18)27-19-7-4-10-21(16-19)29-20-8-2-1-3-9-20/h2,8,11-12,17,19-22,24H,1,3-7,9-10,13-16H2,(H2,25,27,28). The molecule has 0 radical (unpaired) electrons. The predicted molar refractivity (Wildman–Crippen MR) is 116 cm³/mol. The van der Waals surface area contributed by atoms with Gasteiger partial charge in [-0.2, -0.15) is 0 Å². The summed E-state index contributed by atoms with van der Waals surface area (Å²) in [5.74, 6) is 0.536. The van der Waals surface area contributed by atoms with Gasteiger partial charge in [0.25, 0.3) is 0 Å². The van der Waals surface area contributed by atoms with E-state index in [4.69, 9.17) is 9.73 Å². The van der Waals surface area contributed by atoms with Crippen LogP contribution in [0.25, 0.3) is 0 Å². The fourth-order valence-corrected chi connectivity index (χ4v) is 4.93. The molecule has 2 aliphatic carbocycles. The number of nitrogens with one attached hydrogen (secondary N) is 3. The minimum Gasteiger partial charge on any atom is -0.371 e. The number of urea groups is 1. The van der Waals surface area contributed by atoms with Crippen molar-refractivity contribution in [3.8, 4) is 0 Å². The Balaban J connectivity index is 1.15. The molecular formula is C23H36N4O2. The molecule has 0 aromatic carbocycles. The summed E-state index contributed by atoms with van der Waals surface area (Å²) in [5.41, 5.74) is 1.08. The van der Waals surface area contributed by atoms with Crippen LogP contribution < -0.4 is 16.0 Å². The Morgan fingerprint density at radius 1 is 1.17 bits per heavy atom. The second kappa shape index (κ2) is 10.4. The van der Waals surface area contributed by atoms with E-state index in [0.717, 1.165) is 50.8 Å². The van der Waals surface area contributed by atoms with E-state index in [2.05, 4.69) is 40.3 Å². The molecule has 2 aliphatic heterocycles. The second-order valence-electron chi connectivity index (χ2n) is 8.85. The van der Waals surface area contributed by atoms with E-state index in [9.17, 15) is 4.79 Å². The monoisotopic (exact) mass is 400 g/mol. The third-order valence-corrected chi connectivity index (χ3v) is 6.52. The lowest BCUT2D eigenvalue weighted by Gasteiger charge is -2.32. The van der Waals surface area contributed by atoms with Crippen molar-refractivity contribution in [3.63, 3.8) is 0 Å². The van der Waals surface area contributed by atoms with E-state index < -0.39 is 0 Å². The fourth-order valence-electron chi connectivity index (χ4n) is 4.93. The van der Waals surface area contributed by atoms with Gasteiger partial charge in [-0.3, -0.25) is 10.3 Å². The first-order chi connectivity index (χ1) is 14.3. The van der Waals surface area contributed by atoms with Crippen molar-refractivity contribution >= 4 is 11.7 Å². The maximum atomic E-state index is 12.3. The Hall–Kier alpha value is -1.66. The molecule has 5 unspecified atom stereocenters. The summed E-state index contributed by atoms with van der Waals surface area (Å²) in [6, 6.07) is 0.141. The molecule has 5 atom stereocenters. The SMILES string of the molecule is O=C(NCCC1=NC2NCCCC2C=C1)NC1CCCC(OC2C=CCCC2)C1. The quantitative estimate of drug-likeness (QED) is 0.598. The summed E-state index contributed by atoms with van der Waals surface area (Å²) in [4.78, 5) is 17.1. The Labute approximate surface area is 174 Å². The number of amides is 2. The van der Waals surface area contributed by atoms with Crippen LogP contribution >= 0.6 is 0 Å². The molecule has 2 amide bonds. The highest BCUT2D eigenvalue weighted by molar-refractivity contribution is 5.96. The van der Waals surface area contributed by atoms with E-state index in [-0.39, 0.29) is 30.4 Å². The molecule has 0 aromatic rings. The van der Waals surface area contributed by atoms with E-state index in [1.165, 1.54) is 25.7 Å². The topological polar surface area (TPSA) is 74.8 Å².